The Hall–Kier alpha value is -1.80. The van der Waals surface area contributed by atoms with Crippen molar-refractivity contribution in [2.75, 3.05) is 24.5 Å². The second-order valence-corrected chi connectivity index (χ2v) is 7.46. The molecule has 2 aromatic rings. The average Bonchev–Trinajstić information content (AvgIpc) is 3.45. The SMILES string of the molecule is c1ccc(C2(CNCc3ccc(N4CCCCC4)cc3)CC2)cc1. The summed E-state index contributed by atoms with van der Waals surface area (Å²) < 4.78 is 0. The quantitative estimate of drug-likeness (QED) is 0.843. The van der Waals surface area contributed by atoms with Crippen LogP contribution in [0.3, 0.4) is 0 Å². The van der Waals surface area contributed by atoms with Crippen LogP contribution in [0.25, 0.3) is 0 Å². The third-order valence-electron chi connectivity index (χ3n) is 5.69. The lowest BCUT2D eigenvalue weighted by atomic mass is 9.96. The summed E-state index contributed by atoms with van der Waals surface area (Å²) in [7, 11) is 0. The van der Waals surface area contributed by atoms with Crippen molar-refractivity contribution >= 4 is 5.69 Å². The number of hydrogen-bond acceptors (Lipinski definition) is 2. The Morgan fingerprint density at radius 2 is 1.54 bits per heavy atom. The smallest absolute Gasteiger partial charge is 0.0366 e. The molecule has 0 aromatic heterocycles. The summed E-state index contributed by atoms with van der Waals surface area (Å²) in [6.07, 6.45) is 6.70. The molecule has 2 nitrogen and oxygen atoms in total. The van der Waals surface area contributed by atoms with Gasteiger partial charge in [-0.1, -0.05) is 42.5 Å². The van der Waals surface area contributed by atoms with Crippen molar-refractivity contribution in [3.05, 3.63) is 65.7 Å². The molecule has 1 saturated heterocycles. The maximum Gasteiger partial charge on any atom is 0.0366 e. The molecule has 1 heterocycles. The molecule has 2 aromatic carbocycles. The van der Waals surface area contributed by atoms with Crippen molar-refractivity contribution in [1.82, 2.24) is 5.32 Å². The van der Waals surface area contributed by atoms with E-state index in [1.54, 1.807) is 0 Å². The van der Waals surface area contributed by atoms with E-state index in [-0.39, 0.29) is 0 Å². The molecule has 2 fully saturated rings. The van der Waals surface area contributed by atoms with Gasteiger partial charge in [-0.3, -0.25) is 0 Å². The Balaban J connectivity index is 1.30. The molecule has 0 spiro atoms. The molecule has 1 saturated carbocycles. The molecule has 0 amide bonds. The molecule has 0 bridgehead atoms. The maximum absolute atomic E-state index is 3.69. The summed E-state index contributed by atoms with van der Waals surface area (Å²) in [4.78, 5) is 2.52. The van der Waals surface area contributed by atoms with Gasteiger partial charge in [0.2, 0.25) is 0 Å². The Bertz CT molecular complexity index is 637. The van der Waals surface area contributed by atoms with E-state index in [2.05, 4.69) is 64.8 Å². The third kappa shape index (κ3) is 3.49. The van der Waals surface area contributed by atoms with Crippen molar-refractivity contribution in [2.24, 2.45) is 0 Å². The van der Waals surface area contributed by atoms with Crippen LogP contribution < -0.4 is 10.2 Å². The van der Waals surface area contributed by atoms with Crippen molar-refractivity contribution in [3.63, 3.8) is 0 Å². The Morgan fingerprint density at radius 1 is 0.833 bits per heavy atom. The summed E-state index contributed by atoms with van der Waals surface area (Å²) in [5.41, 5.74) is 4.67. The molecule has 0 radical (unpaired) electrons. The van der Waals surface area contributed by atoms with Crippen LogP contribution in [0.15, 0.2) is 54.6 Å². The van der Waals surface area contributed by atoms with Gasteiger partial charge in [-0.2, -0.15) is 0 Å². The predicted octanol–water partition coefficient (Wildman–Crippen LogP) is 4.50. The molecular weight excluding hydrogens is 292 g/mol. The van der Waals surface area contributed by atoms with E-state index >= 15 is 0 Å². The van der Waals surface area contributed by atoms with E-state index in [9.17, 15) is 0 Å². The van der Waals surface area contributed by atoms with Crippen LogP contribution in [0.4, 0.5) is 5.69 Å². The number of anilines is 1. The number of hydrogen-bond donors (Lipinski definition) is 1. The fourth-order valence-electron chi connectivity index (χ4n) is 3.93. The Morgan fingerprint density at radius 3 is 2.21 bits per heavy atom. The number of nitrogens with one attached hydrogen (secondary N) is 1. The van der Waals surface area contributed by atoms with E-state index in [4.69, 9.17) is 0 Å². The highest BCUT2D eigenvalue weighted by Crippen LogP contribution is 2.47. The van der Waals surface area contributed by atoms with Gasteiger partial charge in [0.25, 0.3) is 0 Å². The number of piperidine rings is 1. The molecule has 2 aliphatic rings. The van der Waals surface area contributed by atoms with Crippen LogP contribution in [0.1, 0.15) is 43.2 Å². The standard InChI is InChI=1S/C22H28N2/c1-3-7-20(8-4-1)22(13-14-22)18-23-17-19-9-11-21(12-10-19)24-15-5-2-6-16-24/h1,3-4,7-12,23H,2,5-6,13-18H2. The van der Waals surface area contributed by atoms with E-state index in [1.807, 2.05) is 0 Å². The monoisotopic (exact) mass is 320 g/mol. The van der Waals surface area contributed by atoms with Gasteiger partial charge >= 0.3 is 0 Å². The molecule has 4 rings (SSSR count). The van der Waals surface area contributed by atoms with E-state index in [0.29, 0.717) is 5.41 Å². The first kappa shape index (κ1) is 15.7. The fraction of sp³-hybridized carbons (Fsp3) is 0.455. The largest absolute Gasteiger partial charge is 0.372 e. The molecule has 126 valence electrons. The van der Waals surface area contributed by atoms with Gasteiger partial charge in [-0.15, -0.1) is 0 Å². The zero-order chi connectivity index (χ0) is 16.2. The summed E-state index contributed by atoms with van der Waals surface area (Å²) in [5.74, 6) is 0. The molecular formula is C22H28N2. The summed E-state index contributed by atoms with van der Waals surface area (Å²) in [6.45, 7) is 4.49. The van der Waals surface area contributed by atoms with Crippen LogP contribution in [0.5, 0.6) is 0 Å². The Labute approximate surface area is 145 Å². The molecule has 1 aliphatic heterocycles. The first-order chi connectivity index (χ1) is 11.9. The van der Waals surface area contributed by atoms with E-state index < -0.39 is 0 Å². The minimum Gasteiger partial charge on any atom is -0.372 e. The van der Waals surface area contributed by atoms with Gasteiger partial charge in [0.15, 0.2) is 0 Å². The van der Waals surface area contributed by atoms with E-state index in [0.717, 1.165) is 13.1 Å². The van der Waals surface area contributed by atoms with Crippen molar-refractivity contribution in [2.45, 2.75) is 44.1 Å². The zero-order valence-corrected chi connectivity index (χ0v) is 14.5. The van der Waals surface area contributed by atoms with Crippen LogP contribution in [0.2, 0.25) is 0 Å². The Kier molecular flexibility index (Phi) is 4.57. The predicted molar refractivity (Wildman–Crippen MR) is 102 cm³/mol. The van der Waals surface area contributed by atoms with E-state index in [1.165, 1.54) is 62.0 Å². The average molecular weight is 320 g/mol. The first-order valence-corrected chi connectivity index (χ1v) is 9.46. The second kappa shape index (κ2) is 6.98. The molecule has 0 atom stereocenters. The molecule has 2 heteroatoms. The van der Waals surface area contributed by atoms with Gasteiger partial charge in [0, 0.05) is 37.3 Å². The zero-order valence-electron chi connectivity index (χ0n) is 14.5. The van der Waals surface area contributed by atoms with Crippen LogP contribution in [0, 0.1) is 0 Å². The number of benzene rings is 2. The topological polar surface area (TPSA) is 15.3 Å². The highest BCUT2D eigenvalue weighted by atomic mass is 15.1. The normalized spacial score (nSPS) is 19.2. The van der Waals surface area contributed by atoms with Gasteiger partial charge < -0.3 is 10.2 Å². The van der Waals surface area contributed by atoms with Crippen molar-refractivity contribution < 1.29 is 0 Å². The highest BCUT2D eigenvalue weighted by molar-refractivity contribution is 5.47. The second-order valence-electron chi connectivity index (χ2n) is 7.46. The summed E-state index contributed by atoms with van der Waals surface area (Å²) >= 11 is 0. The molecule has 24 heavy (non-hydrogen) atoms. The minimum atomic E-state index is 0.398. The number of nitrogens with zero attached hydrogens (tertiary/aromatic N) is 1. The molecule has 1 N–H and O–H groups in total. The highest BCUT2D eigenvalue weighted by Gasteiger charge is 2.43. The van der Waals surface area contributed by atoms with Gasteiger partial charge in [-0.25, -0.2) is 0 Å². The fourth-order valence-corrected chi connectivity index (χ4v) is 3.93. The van der Waals surface area contributed by atoms with Gasteiger partial charge in [-0.05, 0) is 55.4 Å². The minimum absolute atomic E-state index is 0.398. The van der Waals surface area contributed by atoms with Gasteiger partial charge in [0.05, 0.1) is 0 Å². The molecule has 1 aliphatic carbocycles. The third-order valence-corrected chi connectivity index (χ3v) is 5.69. The molecule has 0 unspecified atom stereocenters. The van der Waals surface area contributed by atoms with Crippen molar-refractivity contribution in [3.8, 4) is 0 Å². The number of rotatable bonds is 6. The van der Waals surface area contributed by atoms with Gasteiger partial charge in [0.1, 0.15) is 0 Å². The van der Waals surface area contributed by atoms with Crippen LogP contribution in [-0.2, 0) is 12.0 Å². The lowest BCUT2D eigenvalue weighted by Crippen LogP contribution is -2.29. The van der Waals surface area contributed by atoms with Crippen LogP contribution >= 0.6 is 0 Å². The van der Waals surface area contributed by atoms with Crippen LogP contribution in [-0.4, -0.2) is 19.6 Å². The summed E-state index contributed by atoms with van der Waals surface area (Å²) in [5, 5.41) is 3.69. The first-order valence-electron chi connectivity index (χ1n) is 9.46. The lowest BCUT2D eigenvalue weighted by molar-refractivity contribution is 0.573. The maximum atomic E-state index is 3.69. The van der Waals surface area contributed by atoms with Crippen molar-refractivity contribution in [1.29, 1.82) is 0 Å². The lowest BCUT2D eigenvalue weighted by Gasteiger charge is -2.28. The summed E-state index contributed by atoms with van der Waals surface area (Å²) in [6, 6.07) is 20.2.